The second-order valence-electron chi connectivity index (χ2n) is 7.79. The Bertz CT molecular complexity index is 819. The van der Waals surface area contributed by atoms with Gasteiger partial charge in [-0.3, -0.25) is 9.69 Å². The number of rotatable bonds is 5. The second-order valence-corrected chi connectivity index (χ2v) is 7.79. The molecule has 7 heteroatoms. The fourth-order valence-corrected chi connectivity index (χ4v) is 4.32. The Morgan fingerprint density at radius 3 is 3.04 bits per heavy atom. The largest absolute Gasteiger partial charge is 0.497 e. The maximum absolute atomic E-state index is 12.5. The summed E-state index contributed by atoms with van der Waals surface area (Å²) in [6.45, 7) is 3.24. The highest BCUT2D eigenvalue weighted by Crippen LogP contribution is 2.28. The highest BCUT2D eigenvalue weighted by atomic mass is 16.5. The van der Waals surface area contributed by atoms with Gasteiger partial charge in [-0.1, -0.05) is 12.5 Å². The predicted molar refractivity (Wildman–Crippen MR) is 108 cm³/mol. The molecule has 0 spiro atoms. The summed E-state index contributed by atoms with van der Waals surface area (Å²) in [5.74, 6) is 3.37. The number of fused-ring (bicyclic) bond motifs is 1. The number of aromatic nitrogens is 3. The number of nitrogens with one attached hydrogen (secondary N) is 1. The third-order valence-electron chi connectivity index (χ3n) is 5.73. The van der Waals surface area contributed by atoms with Crippen LogP contribution in [-0.4, -0.2) is 52.3 Å². The van der Waals surface area contributed by atoms with Crippen molar-refractivity contribution in [3.8, 4) is 5.75 Å². The molecule has 7 nitrogen and oxygen atoms in total. The number of nitrogens with zero attached hydrogens (tertiary/aromatic N) is 4. The van der Waals surface area contributed by atoms with E-state index in [1.807, 2.05) is 24.3 Å². The second kappa shape index (κ2) is 8.73. The predicted octanol–water partition coefficient (Wildman–Crippen LogP) is 2.83. The molecule has 1 unspecified atom stereocenters. The first kappa shape index (κ1) is 18.9. The maximum Gasteiger partial charge on any atom is 0.238 e. The number of methoxy groups -OCH3 is 1. The zero-order valence-corrected chi connectivity index (χ0v) is 16.6. The van der Waals surface area contributed by atoms with Gasteiger partial charge < -0.3 is 14.6 Å². The summed E-state index contributed by atoms with van der Waals surface area (Å²) >= 11 is 0. The normalized spacial score (nSPS) is 20.2. The summed E-state index contributed by atoms with van der Waals surface area (Å²) in [6, 6.07) is 7.46. The van der Waals surface area contributed by atoms with Crippen molar-refractivity contribution in [2.24, 2.45) is 0 Å². The molecule has 1 amide bonds. The summed E-state index contributed by atoms with van der Waals surface area (Å²) < 4.78 is 7.56. The van der Waals surface area contributed by atoms with Crippen LogP contribution in [0, 0.1) is 0 Å². The lowest BCUT2D eigenvalue weighted by Gasteiger charge is -2.31. The average molecular weight is 383 g/mol. The van der Waals surface area contributed by atoms with Crippen LogP contribution in [0.5, 0.6) is 5.75 Å². The molecule has 3 heterocycles. The monoisotopic (exact) mass is 383 g/mol. The average Bonchev–Trinajstić information content (AvgIpc) is 2.96. The summed E-state index contributed by atoms with van der Waals surface area (Å²) in [6.07, 6.45) is 6.92. The standard InChI is InChI=1S/C21H29N5O2/c1-28-18-9-5-8-17(13-18)22-20(27)15-25-11-6-7-16(14-25)21-24-23-19-10-3-2-4-12-26(19)21/h5,8-9,13,16H,2-4,6-7,10-12,14-15H2,1H3,(H,22,27). The van der Waals surface area contributed by atoms with Gasteiger partial charge in [-0.2, -0.15) is 0 Å². The van der Waals surface area contributed by atoms with Crippen LogP contribution < -0.4 is 10.1 Å². The molecular weight excluding hydrogens is 354 g/mol. The summed E-state index contributed by atoms with van der Waals surface area (Å²) in [5.41, 5.74) is 0.765. The lowest BCUT2D eigenvalue weighted by molar-refractivity contribution is -0.117. The molecule has 1 atom stereocenters. The minimum Gasteiger partial charge on any atom is -0.497 e. The third-order valence-corrected chi connectivity index (χ3v) is 5.73. The molecule has 1 fully saturated rings. The first-order chi connectivity index (χ1) is 13.7. The van der Waals surface area contributed by atoms with Crippen LogP contribution in [0.4, 0.5) is 5.69 Å². The fourth-order valence-electron chi connectivity index (χ4n) is 4.32. The molecule has 150 valence electrons. The number of benzene rings is 1. The molecule has 1 saturated heterocycles. The van der Waals surface area contributed by atoms with E-state index in [0.717, 1.165) is 62.0 Å². The zero-order valence-electron chi connectivity index (χ0n) is 16.6. The van der Waals surface area contributed by atoms with Gasteiger partial charge in [0.25, 0.3) is 0 Å². The Balaban J connectivity index is 1.37. The molecule has 2 aliphatic rings. The quantitative estimate of drug-likeness (QED) is 0.860. The van der Waals surface area contributed by atoms with Gasteiger partial charge in [0.05, 0.1) is 13.7 Å². The van der Waals surface area contributed by atoms with Crippen LogP contribution in [0.2, 0.25) is 0 Å². The molecule has 4 rings (SSSR count). The zero-order chi connectivity index (χ0) is 19.3. The lowest BCUT2D eigenvalue weighted by atomic mass is 9.97. The van der Waals surface area contributed by atoms with Crippen LogP contribution >= 0.6 is 0 Å². The van der Waals surface area contributed by atoms with E-state index in [1.54, 1.807) is 7.11 Å². The van der Waals surface area contributed by atoms with Gasteiger partial charge in [-0.15, -0.1) is 10.2 Å². The number of carbonyl (C=O) groups excluding carboxylic acids is 1. The third kappa shape index (κ3) is 4.35. The number of anilines is 1. The highest BCUT2D eigenvalue weighted by Gasteiger charge is 2.28. The van der Waals surface area contributed by atoms with Crippen molar-refractivity contribution in [3.05, 3.63) is 35.9 Å². The molecule has 1 aromatic carbocycles. The number of likely N-dealkylation sites (tertiary alicyclic amines) is 1. The summed E-state index contributed by atoms with van der Waals surface area (Å²) in [5, 5.41) is 12.0. The molecular formula is C21H29N5O2. The summed E-state index contributed by atoms with van der Waals surface area (Å²) in [4.78, 5) is 14.8. The minimum absolute atomic E-state index is 0.00831. The fraction of sp³-hybridized carbons (Fsp3) is 0.571. The Morgan fingerprint density at radius 1 is 1.21 bits per heavy atom. The van der Waals surface area contributed by atoms with Crippen molar-refractivity contribution >= 4 is 11.6 Å². The number of hydrogen-bond donors (Lipinski definition) is 1. The first-order valence-electron chi connectivity index (χ1n) is 10.3. The van der Waals surface area contributed by atoms with Crippen LogP contribution in [0.25, 0.3) is 0 Å². The van der Waals surface area contributed by atoms with Crippen molar-refractivity contribution < 1.29 is 9.53 Å². The topological polar surface area (TPSA) is 72.3 Å². The van der Waals surface area contributed by atoms with Crippen LogP contribution in [0.3, 0.4) is 0 Å². The van der Waals surface area contributed by atoms with Gasteiger partial charge in [-0.05, 0) is 44.4 Å². The van der Waals surface area contributed by atoms with Crippen molar-refractivity contribution in [2.75, 3.05) is 32.1 Å². The molecule has 1 aromatic heterocycles. The SMILES string of the molecule is COc1cccc(NC(=O)CN2CCCC(c3nnc4n3CCCCC4)C2)c1. The van der Waals surface area contributed by atoms with E-state index in [9.17, 15) is 4.79 Å². The van der Waals surface area contributed by atoms with Gasteiger partial charge in [0.1, 0.15) is 17.4 Å². The number of ether oxygens (including phenoxy) is 1. The molecule has 28 heavy (non-hydrogen) atoms. The van der Waals surface area contributed by atoms with Crippen LogP contribution in [0.1, 0.15) is 49.7 Å². The van der Waals surface area contributed by atoms with Gasteiger partial charge >= 0.3 is 0 Å². The van der Waals surface area contributed by atoms with Crippen LogP contribution in [0.15, 0.2) is 24.3 Å². The van der Waals surface area contributed by atoms with Crippen molar-refractivity contribution in [1.82, 2.24) is 19.7 Å². The van der Waals surface area contributed by atoms with Crippen molar-refractivity contribution in [1.29, 1.82) is 0 Å². The smallest absolute Gasteiger partial charge is 0.238 e. The Kier molecular flexibility index (Phi) is 5.90. The highest BCUT2D eigenvalue weighted by molar-refractivity contribution is 5.92. The van der Waals surface area contributed by atoms with E-state index >= 15 is 0 Å². The molecule has 1 N–H and O–H groups in total. The van der Waals surface area contributed by atoms with Gasteiger partial charge in [0, 0.05) is 37.2 Å². The van der Waals surface area contributed by atoms with Gasteiger partial charge in [-0.25, -0.2) is 0 Å². The number of piperidine rings is 1. The number of hydrogen-bond acceptors (Lipinski definition) is 5. The Hall–Kier alpha value is -2.41. The van der Waals surface area contributed by atoms with E-state index in [-0.39, 0.29) is 5.91 Å². The number of aryl methyl sites for hydroxylation is 1. The van der Waals surface area contributed by atoms with Crippen molar-refractivity contribution in [2.45, 2.75) is 51.0 Å². The van der Waals surface area contributed by atoms with Gasteiger partial charge in [0.2, 0.25) is 5.91 Å². The number of carbonyl (C=O) groups is 1. The Morgan fingerprint density at radius 2 is 2.14 bits per heavy atom. The molecule has 0 bridgehead atoms. The first-order valence-corrected chi connectivity index (χ1v) is 10.3. The minimum atomic E-state index is 0.00831. The van der Waals surface area contributed by atoms with E-state index < -0.39 is 0 Å². The molecule has 0 aliphatic carbocycles. The molecule has 0 radical (unpaired) electrons. The van der Waals surface area contributed by atoms with E-state index in [4.69, 9.17) is 4.74 Å². The van der Waals surface area contributed by atoms with Crippen molar-refractivity contribution in [3.63, 3.8) is 0 Å². The molecule has 2 aliphatic heterocycles. The van der Waals surface area contributed by atoms with Gasteiger partial charge in [0.15, 0.2) is 0 Å². The van der Waals surface area contributed by atoms with E-state index in [2.05, 4.69) is 25.0 Å². The van der Waals surface area contributed by atoms with E-state index in [0.29, 0.717) is 12.5 Å². The van der Waals surface area contributed by atoms with Crippen LogP contribution in [-0.2, 0) is 17.8 Å². The summed E-state index contributed by atoms with van der Waals surface area (Å²) in [7, 11) is 1.62. The number of amides is 1. The molecule has 0 saturated carbocycles. The molecule has 2 aromatic rings. The maximum atomic E-state index is 12.5. The van der Waals surface area contributed by atoms with E-state index in [1.165, 1.54) is 19.3 Å². The lowest BCUT2D eigenvalue weighted by Crippen LogP contribution is -2.40. The Labute approximate surface area is 166 Å².